The van der Waals surface area contributed by atoms with Gasteiger partial charge in [0, 0.05) is 10.5 Å². The lowest BCUT2D eigenvalue weighted by Crippen LogP contribution is -2.16. The van der Waals surface area contributed by atoms with Crippen LogP contribution < -0.4 is 5.32 Å². The molecule has 0 spiro atoms. The Bertz CT molecular complexity index is 286. The van der Waals surface area contributed by atoms with Crippen LogP contribution in [0.1, 0.15) is 44.2 Å². The van der Waals surface area contributed by atoms with Crippen LogP contribution in [0.5, 0.6) is 0 Å². The van der Waals surface area contributed by atoms with Crippen LogP contribution in [0.3, 0.4) is 0 Å². The maximum absolute atomic E-state index is 3.61. The van der Waals surface area contributed by atoms with Gasteiger partial charge in [-0.2, -0.15) is 0 Å². The van der Waals surface area contributed by atoms with Gasteiger partial charge in [-0.25, -0.2) is 0 Å². The van der Waals surface area contributed by atoms with Crippen molar-refractivity contribution in [3.63, 3.8) is 0 Å². The van der Waals surface area contributed by atoms with Crippen molar-refractivity contribution in [1.29, 1.82) is 0 Å². The fraction of sp³-hybridized carbons (Fsp3) is 0.538. The molecule has 0 fully saturated rings. The molecule has 1 unspecified atom stereocenters. The topological polar surface area (TPSA) is 12.0 Å². The summed E-state index contributed by atoms with van der Waals surface area (Å²) in [4.78, 5) is 0. The molecule has 0 radical (unpaired) electrons. The third-order valence-corrected chi connectivity index (χ3v) is 3.45. The van der Waals surface area contributed by atoms with Crippen LogP contribution >= 0.6 is 15.9 Å². The first-order valence-electron chi connectivity index (χ1n) is 5.71. The number of nitrogens with one attached hydrogen (secondary N) is 1. The lowest BCUT2D eigenvalue weighted by atomic mass is 10.0. The minimum absolute atomic E-state index is 0.479. The number of unbranched alkanes of at least 4 members (excludes halogenated alkanes) is 2. The highest BCUT2D eigenvalue weighted by molar-refractivity contribution is 9.10. The van der Waals surface area contributed by atoms with Crippen LogP contribution in [-0.2, 0) is 0 Å². The van der Waals surface area contributed by atoms with Crippen molar-refractivity contribution >= 4 is 15.9 Å². The van der Waals surface area contributed by atoms with Gasteiger partial charge in [0.15, 0.2) is 0 Å². The fourth-order valence-electron chi connectivity index (χ4n) is 1.81. The van der Waals surface area contributed by atoms with Crippen LogP contribution in [0.4, 0.5) is 0 Å². The minimum atomic E-state index is 0.479. The molecule has 0 heterocycles. The molecule has 1 atom stereocenters. The first-order valence-corrected chi connectivity index (χ1v) is 6.50. The van der Waals surface area contributed by atoms with E-state index in [2.05, 4.69) is 52.4 Å². The van der Waals surface area contributed by atoms with Crippen LogP contribution in [0.15, 0.2) is 28.7 Å². The van der Waals surface area contributed by atoms with E-state index in [0.29, 0.717) is 6.04 Å². The summed E-state index contributed by atoms with van der Waals surface area (Å²) in [5, 5.41) is 3.39. The molecule has 0 aliphatic heterocycles. The standard InChI is InChI=1S/C13H20BrN/c1-3-4-5-10-13(15-2)11-8-6-7-9-12(11)14/h6-9,13,15H,3-5,10H2,1-2H3. The zero-order chi connectivity index (χ0) is 11.1. The predicted molar refractivity (Wildman–Crippen MR) is 70.1 cm³/mol. The SMILES string of the molecule is CCCCCC(NC)c1ccccc1Br. The van der Waals surface area contributed by atoms with Crippen molar-refractivity contribution in [3.8, 4) is 0 Å². The molecule has 15 heavy (non-hydrogen) atoms. The Kier molecular flexibility index (Phi) is 5.96. The molecule has 1 aromatic carbocycles. The highest BCUT2D eigenvalue weighted by Crippen LogP contribution is 2.26. The van der Waals surface area contributed by atoms with Crippen molar-refractivity contribution in [2.45, 2.75) is 38.6 Å². The third kappa shape index (κ3) is 3.96. The summed E-state index contributed by atoms with van der Waals surface area (Å²) < 4.78 is 1.21. The zero-order valence-corrected chi connectivity index (χ0v) is 11.2. The lowest BCUT2D eigenvalue weighted by molar-refractivity contribution is 0.510. The first kappa shape index (κ1) is 12.7. The van der Waals surface area contributed by atoms with Gasteiger partial charge < -0.3 is 5.32 Å². The van der Waals surface area contributed by atoms with E-state index < -0.39 is 0 Å². The van der Waals surface area contributed by atoms with Crippen LogP contribution in [0, 0.1) is 0 Å². The number of hydrogen-bond acceptors (Lipinski definition) is 1. The smallest absolute Gasteiger partial charge is 0.0328 e. The molecular formula is C13H20BrN. The van der Waals surface area contributed by atoms with Crippen molar-refractivity contribution in [2.24, 2.45) is 0 Å². The maximum atomic E-state index is 3.61. The number of benzene rings is 1. The second-order valence-electron chi connectivity index (χ2n) is 3.86. The summed E-state index contributed by atoms with van der Waals surface area (Å²) in [5.74, 6) is 0. The van der Waals surface area contributed by atoms with Crippen LogP contribution in [-0.4, -0.2) is 7.05 Å². The summed E-state index contributed by atoms with van der Waals surface area (Å²) in [6.45, 7) is 2.24. The first-order chi connectivity index (χ1) is 7.29. The van der Waals surface area contributed by atoms with Gasteiger partial charge in [0.25, 0.3) is 0 Å². The van der Waals surface area contributed by atoms with E-state index in [4.69, 9.17) is 0 Å². The lowest BCUT2D eigenvalue weighted by Gasteiger charge is -2.17. The van der Waals surface area contributed by atoms with E-state index in [1.54, 1.807) is 0 Å². The van der Waals surface area contributed by atoms with E-state index in [-0.39, 0.29) is 0 Å². The Morgan fingerprint density at radius 1 is 1.27 bits per heavy atom. The largest absolute Gasteiger partial charge is 0.313 e. The van der Waals surface area contributed by atoms with Crippen LogP contribution in [0.25, 0.3) is 0 Å². The second-order valence-corrected chi connectivity index (χ2v) is 4.71. The average molecular weight is 270 g/mol. The minimum Gasteiger partial charge on any atom is -0.313 e. The van der Waals surface area contributed by atoms with Crippen molar-refractivity contribution in [2.75, 3.05) is 7.05 Å². The highest BCUT2D eigenvalue weighted by Gasteiger charge is 2.10. The molecule has 0 saturated carbocycles. The molecule has 2 heteroatoms. The summed E-state index contributed by atoms with van der Waals surface area (Å²) in [7, 11) is 2.04. The Morgan fingerprint density at radius 2 is 2.00 bits per heavy atom. The van der Waals surface area contributed by atoms with Gasteiger partial charge >= 0.3 is 0 Å². The summed E-state index contributed by atoms with van der Waals surface area (Å²) in [6, 6.07) is 8.94. The van der Waals surface area contributed by atoms with Crippen LogP contribution in [0.2, 0.25) is 0 Å². The molecule has 0 saturated heterocycles. The van der Waals surface area contributed by atoms with Gasteiger partial charge in [-0.1, -0.05) is 60.3 Å². The quantitative estimate of drug-likeness (QED) is 0.760. The molecule has 84 valence electrons. The van der Waals surface area contributed by atoms with Crippen molar-refractivity contribution in [3.05, 3.63) is 34.3 Å². The maximum Gasteiger partial charge on any atom is 0.0328 e. The van der Waals surface area contributed by atoms with Crippen molar-refractivity contribution < 1.29 is 0 Å². The molecule has 0 aliphatic rings. The Hall–Kier alpha value is -0.340. The van der Waals surface area contributed by atoms with E-state index in [1.165, 1.54) is 35.7 Å². The van der Waals surface area contributed by atoms with Gasteiger partial charge in [-0.15, -0.1) is 0 Å². The van der Waals surface area contributed by atoms with Gasteiger partial charge in [0.2, 0.25) is 0 Å². The van der Waals surface area contributed by atoms with Crippen molar-refractivity contribution in [1.82, 2.24) is 5.32 Å². The molecule has 0 amide bonds. The van der Waals surface area contributed by atoms with Gasteiger partial charge in [-0.05, 0) is 25.1 Å². The average Bonchev–Trinajstić information content (AvgIpc) is 2.26. The highest BCUT2D eigenvalue weighted by atomic mass is 79.9. The Labute approximate surface area is 101 Å². The monoisotopic (exact) mass is 269 g/mol. The Balaban J connectivity index is 2.61. The zero-order valence-electron chi connectivity index (χ0n) is 9.59. The second kappa shape index (κ2) is 7.02. The molecular weight excluding hydrogens is 250 g/mol. The van der Waals surface area contributed by atoms with Gasteiger partial charge in [0.05, 0.1) is 0 Å². The van der Waals surface area contributed by atoms with E-state index in [0.717, 1.165) is 0 Å². The molecule has 0 aliphatic carbocycles. The molecule has 0 aromatic heterocycles. The number of hydrogen-bond donors (Lipinski definition) is 1. The van der Waals surface area contributed by atoms with E-state index >= 15 is 0 Å². The number of halogens is 1. The van der Waals surface area contributed by atoms with Gasteiger partial charge in [-0.3, -0.25) is 0 Å². The molecule has 1 aromatic rings. The Morgan fingerprint density at radius 3 is 2.60 bits per heavy atom. The van der Waals surface area contributed by atoms with Gasteiger partial charge in [0.1, 0.15) is 0 Å². The normalized spacial score (nSPS) is 12.7. The van der Waals surface area contributed by atoms with E-state index in [1.807, 2.05) is 7.05 Å². The predicted octanol–water partition coefficient (Wildman–Crippen LogP) is 4.29. The molecule has 0 bridgehead atoms. The summed E-state index contributed by atoms with van der Waals surface area (Å²) in [6.07, 6.45) is 5.12. The summed E-state index contributed by atoms with van der Waals surface area (Å²) in [5.41, 5.74) is 1.37. The molecule has 1 nitrogen and oxygen atoms in total. The molecule has 1 N–H and O–H groups in total. The summed E-state index contributed by atoms with van der Waals surface area (Å²) >= 11 is 3.61. The molecule has 1 rings (SSSR count). The fourth-order valence-corrected chi connectivity index (χ4v) is 2.37. The van der Waals surface area contributed by atoms with E-state index in [9.17, 15) is 0 Å². The number of rotatable bonds is 6. The third-order valence-electron chi connectivity index (χ3n) is 2.73.